The fourth-order valence-corrected chi connectivity index (χ4v) is 3.31. The molecule has 20 heavy (non-hydrogen) atoms. The van der Waals surface area contributed by atoms with Gasteiger partial charge >= 0.3 is 0 Å². The third-order valence-corrected chi connectivity index (χ3v) is 4.33. The van der Waals surface area contributed by atoms with Crippen molar-refractivity contribution >= 4 is 34.8 Å². The Kier molecular flexibility index (Phi) is 6.36. The number of nitrogens with two attached hydrogens (primary N) is 1. The summed E-state index contributed by atoms with van der Waals surface area (Å²) in [6.45, 7) is 4.27. The van der Waals surface area contributed by atoms with Gasteiger partial charge in [-0.05, 0) is 18.8 Å². The number of nitrogens with one attached hydrogen (secondary N) is 1. The van der Waals surface area contributed by atoms with Crippen molar-refractivity contribution in [3.05, 3.63) is 5.01 Å². The second-order valence-corrected chi connectivity index (χ2v) is 6.83. The number of rotatable bonds is 4. The molecule has 0 aromatic carbocycles. The predicted octanol–water partition coefficient (Wildman–Crippen LogP) is 2.76. The summed E-state index contributed by atoms with van der Waals surface area (Å²) in [5.74, 6) is 0.426. The molecule has 7 heteroatoms. The van der Waals surface area contributed by atoms with Crippen molar-refractivity contribution in [2.24, 2.45) is 11.7 Å². The topological polar surface area (TPSA) is 80.9 Å². The third-order valence-electron chi connectivity index (χ3n) is 3.47. The molecule has 5 nitrogen and oxygen atoms in total. The molecule has 3 N–H and O–H groups in total. The number of amides is 1. The number of nitrogens with zero attached hydrogens (tertiary/aromatic N) is 2. The summed E-state index contributed by atoms with van der Waals surface area (Å²) in [5.41, 5.74) is 5.46. The van der Waals surface area contributed by atoms with E-state index < -0.39 is 5.54 Å². The molecule has 1 saturated carbocycles. The molecule has 1 aromatic rings. The molecule has 1 heterocycles. The largest absolute Gasteiger partial charge is 0.317 e. The van der Waals surface area contributed by atoms with Crippen LogP contribution in [0.15, 0.2) is 0 Å². The predicted molar refractivity (Wildman–Crippen MR) is 84.3 cm³/mol. The summed E-state index contributed by atoms with van der Waals surface area (Å²) in [5, 5.41) is 12.5. The first kappa shape index (κ1) is 17.3. The Morgan fingerprint density at radius 1 is 1.35 bits per heavy atom. The van der Waals surface area contributed by atoms with E-state index in [2.05, 4.69) is 29.4 Å². The highest BCUT2D eigenvalue weighted by molar-refractivity contribution is 7.15. The van der Waals surface area contributed by atoms with Crippen molar-refractivity contribution < 1.29 is 4.79 Å². The van der Waals surface area contributed by atoms with Crippen molar-refractivity contribution in [3.8, 4) is 0 Å². The molecule has 0 saturated heterocycles. The van der Waals surface area contributed by atoms with Crippen LogP contribution in [-0.4, -0.2) is 21.6 Å². The van der Waals surface area contributed by atoms with Crippen LogP contribution in [0.3, 0.4) is 0 Å². The zero-order chi connectivity index (χ0) is 13.9. The van der Waals surface area contributed by atoms with Gasteiger partial charge < -0.3 is 5.73 Å². The first-order chi connectivity index (χ1) is 8.99. The van der Waals surface area contributed by atoms with Gasteiger partial charge in [-0.1, -0.05) is 44.4 Å². The maximum atomic E-state index is 12.2. The number of anilines is 1. The highest BCUT2D eigenvalue weighted by Crippen LogP contribution is 2.28. The molecule has 0 spiro atoms. The second-order valence-electron chi connectivity index (χ2n) is 5.77. The monoisotopic (exact) mass is 318 g/mol. The molecule has 2 rings (SSSR count). The van der Waals surface area contributed by atoms with Crippen molar-refractivity contribution in [2.75, 3.05) is 5.32 Å². The van der Waals surface area contributed by atoms with Crippen molar-refractivity contribution in [2.45, 2.75) is 57.9 Å². The fourth-order valence-electron chi connectivity index (χ4n) is 2.37. The standard InChI is InChI=1S/C13H22N4OS.ClH/c1-9(2)8-10-16-17-12(19-10)15-11(18)13(14)6-4-3-5-7-13;/h9H,3-8,14H2,1-2H3,(H,15,17,18);1H. The molecular formula is C13H23ClN4OS. The quantitative estimate of drug-likeness (QED) is 0.894. The van der Waals surface area contributed by atoms with Crippen LogP contribution in [0.1, 0.15) is 51.0 Å². The van der Waals surface area contributed by atoms with Crippen LogP contribution in [0, 0.1) is 5.92 Å². The van der Waals surface area contributed by atoms with E-state index in [1.54, 1.807) is 0 Å². The summed E-state index contributed by atoms with van der Waals surface area (Å²) >= 11 is 1.44. The first-order valence-corrected chi connectivity index (χ1v) is 7.74. The van der Waals surface area contributed by atoms with Crippen LogP contribution in [0.2, 0.25) is 0 Å². The molecule has 1 aliphatic rings. The van der Waals surface area contributed by atoms with E-state index in [9.17, 15) is 4.79 Å². The normalized spacial score (nSPS) is 17.6. The molecule has 0 aliphatic heterocycles. The number of hydrogen-bond acceptors (Lipinski definition) is 5. The molecule has 1 aliphatic carbocycles. The summed E-state index contributed by atoms with van der Waals surface area (Å²) in [6.07, 6.45) is 5.63. The lowest BCUT2D eigenvalue weighted by Crippen LogP contribution is -2.52. The van der Waals surface area contributed by atoms with Gasteiger partial charge in [-0.25, -0.2) is 0 Å². The summed E-state index contributed by atoms with van der Waals surface area (Å²) in [6, 6.07) is 0. The average molecular weight is 319 g/mol. The van der Waals surface area contributed by atoms with Gasteiger partial charge in [-0.15, -0.1) is 22.6 Å². The Hall–Kier alpha value is -0.720. The maximum absolute atomic E-state index is 12.2. The zero-order valence-corrected chi connectivity index (χ0v) is 13.6. The van der Waals surface area contributed by atoms with E-state index in [1.807, 2.05) is 0 Å². The summed E-state index contributed by atoms with van der Waals surface area (Å²) in [7, 11) is 0. The lowest BCUT2D eigenvalue weighted by Gasteiger charge is -2.31. The fraction of sp³-hybridized carbons (Fsp3) is 0.769. The van der Waals surface area contributed by atoms with Crippen molar-refractivity contribution in [1.82, 2.24) is 10.2 Å². The minimum absolute atomic E-state index is 0. The molecule has 0 atom stereocenters. The molecule has 1 fully saturated rings. The van der Waals surface area contributed by atoms with Gasteiger partial charge in [-0.2, -0.15) is 0 Å². The van der Waals surface area contributed by atoms with Crippen LogP contribution in [0.5, 0.6) is 0 Å². The van der Waals surface area contributed by atoms with Crippen LogP contribution in [0.25, 0.3) is 0 Å². The van der Waals surface area contributed by atoms with E-state index >= 15 is 0 Å². The minimum atomic E-state index is -0.720. The first-order valence-electron chi connectivity index (χ1n) is 6.92. The van der Waals surface area contributed by atoms with Gasteiger partial charge in [0.1, 0.15) is 5.01 Å². The lowest BCUT2D eigenvalue weighted by atomic mass is 9.82. The van der Waals surface area contributed by atoms with Gasteiger partial charge in [0, 0.05) is 6.42 Å². The Morgan fingerprint density at radius 2 is 2.00 bits per heavy atom. The summed E-state index contributed by atoms with van der Waals surface area (Å²) < 4.78 is 0. The Balaban J connectivity index is 0.00000200. The molecule has 1 aromatic heterocycles. The van der Waals surface area contributed by atoms with Crippen LogP contribution in [0.4, 0.5) is 5.13 Å². The zero-order valence-electron chi connectivity index (χ0n) is 12.0. The number of halogens is 1. The molecular weight excluding hydrogens is 296 g/mol. The molecule has 0 radical (unpaired) electrons. The number of aromatic nitrogens is 2. The van der Waals surface area contributed by atoms with Gasteiger partial charge in [0.25, 0.3) is 0 Å². The molecule has 0 unspecified atom stereocenters. The SMILES string of the molecule is CC(C)Cc1nnc(NC(=O)C2(N)CCCCC2)s1.Cl. The van der Waals surface area contributed by atoms with E-state index in [4.69, 9.17) is 5.73 Å². The van der Waals surface area contributed by atoms with Gasteiger partial charge in [0.2, 0.25) is 11.0 Å². The Labute approximate surface area is 130 Å². The van der Waals surface area contributed by atoms with Crippen LogP contribution in [-0.2, 0) is 11.2 Å². The summed E-state index contributed by atoms with van der Waals surface area (Å²) in [4.78, 5) is 12.2. The van der Waals surface area contributed by atoms with E-state index in [1.165, 1.54) is 17.8 Å². The van der Waals surface area contributed by atoms with Crippen molar-refractivity contribution in [1.29, 1.82) is 0 Å². The van der Waals surface area contributed by atoms with E-state index in [-0.39, 0.29) is 18.3 Å². The lowest BCUT2D eigenvalue weighted by molar-refractivity contribution is -0.122. The highest BCUT2D eigenvalue weighted by atomic mass is 35.5. The van der Waals surface area contributed by atoms with Gasteiger partial charge in [0.05, 0.1) is 5.54 Å². The Morgan fingerprint density at radius 3 is 2.60 bits per heavy atom. The van der Waals surface area contributed by atoms with E-state index in [0.717, 1.165) is 37.1 Å². The smallest absolute Gasteiger partial charge is 0.246 e. The van der Waals surface area contributed by atoms with Crippen LogP contribution >= 0.6 is 23.7 Å². The molecule has 1 amide bonds. The number of hydrogen-bond donors (Lipinski definition) is 2. The van der Waals surface area contributed by atoms with Crippen molar-refractivity contribution in [3.63, 3.8) is 0 Å². The maximum Gasteiger partial charge on any atom is 0.246 e. The highest BCUT2D eigenvalue weighted by Gasteiger charge is 2.35. The molecule has 114 valence electrons. The van der Waals surface area contributed by atoms with Gasteiger partial charge in [-0.3, -0.25) is 10.1 Å². The average Bonchev–Trinajstić information content (AvgIpc) is 2.76. The van der Waals surface area contributed by atoms with Gasteiger partial charge in [0.15, 0.2) is 0 Å². The Bertz CT molecular complexity index is 443. The van der Waals surface area contributed by atoms with E-state index in [0.29, 0.717) is 11.0 Å². The number of carbonyl (C=O) groups is 1. The minimum Gasteiger partial charge on any atom is -0.317 e. The van der Waals surface area contributed by atoms with Crippen LogP contribution < -0.4 is 11.1 Å². The third kappa shape index (κ3) is 4.40. The molecule has 0 bridgehead atoms. The second kappa shape index (κ2) is 7.33. The number of carbonyl (C=O) groups excluding carboxylic acids is 1.